The molecule has 15 heavy (non-hydrogen) atoms. The molecule has 0 saturated heterocycles. The zero-order valence-electron chi connectivity index (χ0n) is 9.40. The molecule has 0 aliphatic carbocycles. The molecule has 1 rings (SSSR count). The summed E-state index contributed by atoms with van der Waals surface area (Å²) in [6, 6.07) is 3.98. The summed E-state index contributed by atoms with van der Waals surface area (Å²) in [6.45, 7) is 4.52. The molecule has 0 radical (unpaired) electrons. The summed E-state index contributed by atoms with van der Waals surface area (Å²) in [5.41, 5.74) is 10.5. The third-order valence-corrected chi connectivity index (χ3v) is 1.96. The summed E-state index contributed by atoms with van der Waals surface area (Å²) in [4.78, 5) is 5.30. The topological polar surface area (TPSA) is 88.7 Å². The minimum absolute atomic E-state index is 0.522. The van der Waals surface area contributed by atoms with Crippen molar-refractivity contribution in [2.45, 2.75) is 25.3 Å². The molecule has 0 unspecified atom stereocenters. The third-order valence-electron chi connectivity index (χ3n) is 1.24. The molecule has 4 N–H and O–H groups in total. The Kier molecular flexibility index (Phi) is 13.8. The van der Waals surface area contributed by atoms with Gasteiger partial charge in [0.15, 0.2) is 6.19 Å². The van der Waals surface area contributed by atoms with Gasteiger partial charge in [-0.2, -0.15) is 5.26 Å². The van der Waals surface area contributed by atoms with Crippen LogP contribution in [0.25, 0.3) is 0 Å². The van der Waals surface area contributed by atoms with Gasteiger partial charge in [-0.15, -0.1) is 11.8 Å². The van der Waals surface area contributed by atoms with E-state index in [1.54, 1.807) is 11.8 Å². The largest absolute Gasteiger partial charge is 0.337 e. The Hall–Kier alpha value is -1.25. The van der Waals surface area contributed by atoms with E-state index in [2.05, 4.69) is 10.7 Å². The number of thioether (sulfide) groups is 1. The van der Waals surface area contributed by atoms with Crippen molar-refractivity contribution >= 4 is 11.8 Å². The summed E-state index contributed by atoms with van der Waals surface area (Å²) in [7, 11) is 0. The molecular weight excluding hydrogens is 208 g/mol. The van der Waals surface area contributed by atoms with E-state index in [0.29, 0.717) is 6.54 Å². The normalized spacial score (nSPS) is 7.40. The van der Waals surface area contributed by atoms with E-state index in [1.165, 1.54) is 11.1 Å². The molecule has 0 amide bonds. The lowest BCUT2D eigenvalue weighted by Crippen LogP contribution is -1.98. The highest BCUT2D eigenvalue weighted by Crippen LogP contribution is 2.11. The van der Waals surface area contributed by atoms with Gasteiger partial charge in [-0.25, -0.2) is 0 Å². The van der Waals surface area contributed by atoms with Gasteiger partial charge in [0.25, 0.3) is 0 Å². The Labute approximate surface area is 95.7 Å². The molecular formula is C10H18N4S. The first-order chi connectivity index (χ1) is 7.28. The quantitative estimate of drug-likeness (QED) is 0.455. The van der Waals surface area contributed by atoms with Crippen LogP contribution in [0.5, 0.6) is 0 Å². The molecule has 84 valence electrons. The molecule has 0 spiro atoms. The molecule has 4 nitrogen and oxygen atoms in total. The zero-order valence-corrected chi connectivity index (χ0v) is 10.2. The number of aromatic nitrogens is 1. The molecule has 0 aliphatic heterocycles. The van der Waals surface area contributed by atoms with Crippen LogP contribution in [0.2, 0.25) is 0 Å². The van der Waals surface area contributed by atoms with Gasteiger partial charge >= 0.3 is 0 Å². The first kappa shape index (κ1) is 16.2. The zero-order chi connectivity index (χ0) is 12.1. The van der Waals surface area contributed by atoms with Crippen molar-refractivity contribution in [3.05, 3.63) is 24.0 Å². The van der Waals surface area contributed by atoms with E-state index in [0.717, 1.165) is 5.69 Å². The van der Waals surface area contributed by atoms with Crippen LogP contribution in [0.15, 0.2) is 23.2 Å². The first-order valence-electron chi connectivity index (χ1n) is 4.57. The van der Waals surface area contributed by atoms with Crippen LogP contribution in [0, 0.1) is 11.5 Å². The molecule has 0 atom stereocenters. The molecule has 0 aromatic carbocycles. The van der Waals surface area contributed by atoms with Crippen molar-refractivity contribution in [1.29, 1.82) is 5.26 Å². The highest BCUT2D eigenvalue weighted by Gasteiger charge is 1.90. The average molecular weight is 226 g/mol. The number of nitrogens with zero attached hydrogens (tertiary/aromatic N) is 2. The lowest BCUT2D eigenvalue weighted by Gasteiger charge is -1.96. The molecule has 0 saturated carbocycles. The minimum atomic E-state index is 0.522. The molecule has 1 aromatic heterocycles. The number of nitriles is 1. The van der Waals surface area contributed by atoms with Crippen LogP contribution >= 0.6 is 11.8 Å². The Balaban J connectivity index is 0. The summed E-state index contributed by atoms with van der Waals surface area (Å²) in [5, 5.41) is 7.10. The Bertz CT molecular complexity index is 243. The van der Waals surface area contributed by atoms with Crippen LogP contribution in [0.4, 0.5) is 0 Å². The van der Waals surface area contributed by atoms with E-state index in [9.17, 15) is 0 Å². The fourth-order valence-corrected chi connectivity index (χ4v) is 1.01. The van der Waals surface area contributed by atoms with E-state index in [1.807, 2.05) is 38.4 Å². The van der Waals surface area contributed by atoms with E-state index in [4.69, 9.17) is 11.0 Å². The highest BCUT2D eigenvalue weighted by molar-refractivity contribution is 7.98. The maximum absolute atomic E-state index is 7.10. The van der Waals surface area contributed by atoms with Gasteiger partial charge in [0.05, 0.1) is 5.69 Å². The van der Waals surface area contributed by atoms with Crippen LogP contribution in [-0.2, 0) is 6.54 Å². The van der Waals surface area contributed by atoms with E-state index < -0.39 is 0 Å². The molecule has 0 bridgehead atoms. The number of rotatable bonds is 2. The summed E-state index contributed by atoms with van der Waals surface area (Å²) >= 11 is 1.68. The second kappa shape index (κ2) is 12.8. The maximum Gasteiger partial charge on any atom is 0.173 e. The SMILES string of the molecule is CC.CSc1ccc(CN)nc1.N#CN. The number of pyridine rings is 1. The summed E-state index contributed by atoms with van der Waals surface area (Å²) in [5.74, 6) is 0. The smallest absolute Gasteiger partial charge is 0.173 e. The molecule has 5 heteroatoms. The fourth-order valence-electron chi connectivity index (χ4n) is 0.652. The second-order valence-electron chi connectivity index (χ2n) is 2.02. The van der Waals surface area contributed by atoms with Gasteiger partial charge in [0, 0.05) is 17.6 Å². The Morgan fingerprint density at radius 2 is 2.00 bits per heavy atom. The fraction of sp³-hybridized carbons (Fsp3) is 0.400. The van der Waals surface area contributed by atoms with Crippen LogP contribution < -0.4 is 11.5 Å². The van der Waals surface area contributed by atoms with Gasteiger partial charge in [-0.1, -0.05) is 13.8 Å². The molecule has 1 aromatic rings. The molecule has 0 fully saturated rings. The predicted molar refractivity (Wildman–Crippen MR) is 65.1 cm³/mol. The standard InChI is InChI=1S/C7H10N2S.C2H6.CH2N2/c1-10-7-3-2-6(4-8)9-5-7;1-2;2-1-3/h2-3,5H,4,8H2,1H3;1-2H3;2H2. The predicted octanol–water partition coefficient (Wildman–Crippen LogP) is 1.71. The lowest BCUT2D eigenvalue weighted by molar-refractivity contribution is 0.977. The van der Waals surface area contributed by atoms with Gasteiger partial charge in [-0.05, 0) is 18.4 Å². The van der Waals surface area contributed by atoms with Crippen LogP contribution in [-0.4, -0.2) is 11.2 Å². The van der Waals surface area contributed by atoms with Gasteiger partial charge in [0.2, 0.25) is 0 Å². The molecule has 1 heterocycles. The number of hydrogen-bond donors (Lipinski definition) is 2. The van der Waals surface area contributed by atoms with Gasteiger partial charge in [-0.3, -0.25) is 4.98 Å². The average Bonchev–Trinajstić information content (AvgIpc) is 2.33. The van der Waals surface area contributed by atoms with Crippen molar-refractivity contribution in [2.75, 3.05) is 6.26 Å². The van der Waals surface area contributed by atoms with Crippen molar-refractivity contribution in [2.24, 2.45) is 11.5 Å². The summed E-state index contributed by atoms with van der Waals surface area (Å²) in [6.07, 6.45) is 5.12. The van der Waals surface area contributed by atoms with Gasteiger partial charge in [0.1, 0.15) is 0 Å². The van der Waals surface area contributed by atoms with Crippen molar-refractivity contribution in [3.8, 4) is 6.19 Å². The second-order valence-corrected chi connectivity index (χ2v) is 2.90. The first-order valence-corrected chi connectivity index (χ1v) is 5.79. The summed E-state index contributed by atoms with van der Waals surface area (Å²) < 4.78 is 0. The van der Waals surface area contributed by atoms with Crippen LogP contribution in [0.1, 0.15) is 19.5 Å². The lowest BCUT2D eigenvalue weighted by atomic mass is 10.4. The van der Waals surface area contributed by atoms with E-state index >= 15 is 0 Å². The maximum atomic E-state index is 7.10. The highest BCUT2D eigenvalue weighted by atomic mass is 32.2. The van der Waals surface area contributed by atoms with Crippen molar-refractivity contribution in [1.82, 2.24) is 4.98 Å². The number of hydrogen-bond acceptors (Lipinski definition) is 5. The monoisotopic (exact) mass is 226 g/mol. The molecule has 0 aliphatic rings. The van der Waals surface area contributed by atoms with Crippen molar-refractivity contribution < 1.29 is 0 Å². The van der Waals surface area contributed by atoms with Gasteiger partial charge < -0.3 is 11.5 Å². The Morgan fingerprint density at radius 3 is 2.27 bits per heavy atom. The van der Waals surface area contributed by atoms with Crippen molar-refractivity contribution in [3.63, 3.8) is 0 Å². The van der Waals surface area contributed by atoms with Crippen LogP contribution in [0.3, 0.4) is 0 Å². The Morgan fingerprint density at radius 1 is 1.47 bits per heavy atom. The number of nitrogens with two attached hydrogens (primary N) is 2. The third kappa shape index (κ3) is 9.06. The minimum Gasteiger partial charge on any atom is -0.337 e. The van der Waals surface area contributed by atoms with E-state index in [-0.39, 0.29) is 0 Å².